The maximum Gasteiger partial charge on any atom is 0.330 e. The van der Waals surface area contributed by atoms with Gasteiger partial charge in [-0.3, -0.25) is 0 Å². The summed E-state index contributed by atoms with van der Waals surface area (Å²) in [5.74, 6) is -0.986. The van der Waals surface area contributed by atoms with Gasteiger partial charge < -0.3 is 10.4 Å². The molecule has 0 bridgehead atoms. The molecule has 1 atom stereocenters. The lowest BCUT2D eigenvalue weighted by atomic mass is 10.2. The number of carboxylic acid groups (broad SMARTS) is 1. The zero-order valence-electron chi connectivity index (χ0n) is 7.71. The fourth-order valence-corrected chi connectivity index (χ4v) is 1.66. The Morgan fingerprint density at radius 1 is 1.67 bits per heavy atom. The van der Waals surface area contributed by atoms with Gasteiger partial charge in [0.2, 0.25) is 0 Å². The summed E-state index contributed by atoms with van der Waals surface area (Å²) in [5.41, 5.74) is 0.593. The van der Waals surface area contributed by atoms with Crippen LogP contribution in [-0.4, -0.2) is 17.1 Å². The summed E-state index contributed by atoms with van der Waals surface area (Å²) in [6, 6.07) is 4.51. The van der Waals surface area contributed by atoms with Crippen LogP contribution in [0, 0.1) is 3.57 Å². The summed E-state index contributed by atoms with van der Waals surface area (Å²) >= 11 is 8.04. The van der Waals surface area contributed by atoms with Gasteiger partial charge in [-0.05, 0) is 40.8 Å². The number of carboxylic acids is 1. The molecule has 1 aromatic carbocycles. The molecule has 0 heterocycles. The van der Waals surface area contributed by atoms with Crippen molar-refractivity contribution in [2.45, 2.75) is 6.04 Å². The molecule has 0 aliphatic heterocycles. The van der Waals surface area contributed by atoms with Gasteiger partial charge in [0, 0.05) is 3.57 Å². The largest absolute Gasteiger partial charge is 0.479 e. The summed E-state index contributed by atoms with van der Waals surface area (Å²) in [5, 5.41) is 12.1. The van der Waals surface area contributed by atoms with Gasteiger partial charge in [-0.15, -0.1) is 6.58 Å². The third kappa shape index (κ3) is 3.39. The maximum absolute atomic E-state index is 10.8. The van der Waals surface area contributed by atoms with E-state index in [1.54, 1.807) is 12.1 Å². The van der Waals surface area contributed by atoms with Crippen LogP contribution in [0.15, 0.2) is 30.9 Å². The van der Waals surface area contributed by atoms with Crippen LogP contribution in [0.2, 0.25) is 5.02 Å². The van der Waals surface area contributed by atoms with Crippen LogP contribution in [0.25, 0.3) is 0 Å². The Hall–Kier alpha value is -0.750. The van der Waals surface area contributed by atoms with Crippen molar-refractivity contribution in [3.05, 3.63) is 39.4 Å². The van der Waals surface area contributed by atoms with Crippen LogP contribution in [0.3, 0.4) is 0 Å². The first-order valence-corrected chi connectivity index (χ1v) is 5.57. The van der Waals surface area contributed by atoms with Gasteiger partial charge in [0.1, 0.15) is 6.04 Å². The summed E-state index contributed by atoms with van der Waals surface area (Å²) in [7, 11) is 0. The number of hydrogen-bond donors (Lipinski definition) is 2. The predicted octanol–water partition coefficient (Wildman–Crippen LogP) is 3.00. The highest BCUT2D eigenvalue weighted by atomic mass is 127. The summed E-state index contributed by atoms with van der Waals surface area (Å²) in [6.07, 6.45) is 1.32. The molecule has 1 rings (SSSR count). The minimum atomic E-state index is -0.986. The van der Waals surface area contributed by atoms with E-state index in [1.165, 1.54) is 6.08 Å². The van der Waals surface area contributed by atoms with Crippen LogP contribution >= 0.6 is 34.2 Å². The number of aliphatic carboxylic acids is 1. The molecule has 3 nitrogen and oxygen atoms in total. The van der Waals surface area contributed by atoms with Gasteiger partial charge in [0.15, 0.2) is 0 Å². The lowest BCUT2D eigenvalue weighted by molar-refractivity contribution is -0.136. The maximum atomic E-state index is 10.8. The molecule has 2 N–H and O–H groups in total. The van der Waals surface area contributed by atoms with Gasteiger partial charge in [-0.25, -0.2) is 4.79 Å². The van der Waals surface area contributed by atoms with E-state index in [4.69, 9.17) is 16.7 Å². The van der Waals surface area contributed by atoms with E-state index in [2.05, 4.69) is 34.5 Å². The average Bonchev–Trinajstić information content (AvgIpc) is 2.18. The van der Waals surface area contributed by atoms with Crippen molar-refractivity contribution in [1.29, 1.82) is 0 Å². The highest BCUT2D eigenvalue weighted by Crippen LogP contribution is 2.24. The Morgan fingerprint density at radius 2 is 2.33 bits per heavy atom. The van der Waals surface area contributed by atoms with Crippen LogP contribution in [0.5, 0.6) is 0 Å². The Kier molecular flexibility index (Phi) is 4.41. The van der Waals surface area contributed by atoms with Crippen molar-refractivity contribution >= 4 is 45.8 Å². The first kappa shape index (κ1) is 12.3. The molecule has 80 valence electrons. The summed E-state index contributed by atoms with van der Waals surface area (Å²) in [4.78, 5) is 10.8. The van der Waals surface area contributed by atoms with Crippen molar-refractivity contribution in [2.24, 2.45) is 0 Å². The molecule has 0 aromatic heterocycles. The zero-order chi connectivity index (χ0) is 11.4. The number of anilines is 1. The van der Waals surface area contributed by atoms with Gasteiger partial charge >= 0.3 is 5.97 Å². The van der Waals surface area contributed by atoms with E-state index >= 15 is 0 Å². The Morgan fingerprint density at radius 3 is 2.87 bits per heavy atom. The minimum absolute atomic E-state index is 0.489. The molecular weight excluding hydrogens is 328 g/mol. The highest BCUT2D eigenvalue weighted by molar-refractivity contribution is 14.1. The van der Waals surface area contributed by atoms with Crippen LogP contribution in [-0.2, 0) is 4.79 Å². The van der Waals surface area contributed by atoms with Crippen molar-refractivity contribution in [1.82, 2.24) is 0 Å². The van der Waals surface area contributed by atoms with Crippen LogP contribution in [0.4, 0.5) is 5.69 Å². The Bertz CT molecular complexity index is 395. The Balaban J connectivity index is 2.92. The smallest absolute Gasteiger partial charge is 0.330 e. The molecule has 1 unspecified atom stereocenters. The number of benzene rings is 1. The number of rotatable bonds is 4. The van der Waals surface area contributed by atoms with E-state index in [0.717, 1.165) is 3.57 Å². The fraction of sp³-hybridized carbons (Fsp3) is 0.100. The third-order valence-electron chi connectivity index (χ3n) is 1.74. The molecule has 0 aliphatic rings. The minimum Gasteiger partial charge on any atom is -0.479 e. The van der Waals surface area contributed by atoms with Gasteiger partial charge in [-0.2, -0.15) is 0 Å². The van der Waals surface area contributed by atoms with E-state index < -0.39 is 12.0 Å². The number of carbonyl (C=O) groups is 1. The third-order valence-corrected chi connectivity index (χ3v) is 2.74. The van der Waals surface area contributed by atoms with E-state index in [1.807, 2.05) is 6.07 Å². The van der Waals surface area contributed by atoms with Gasteiger partial charge in [0.05, 0.1) is 10.7 Å². The lowest BCUT2D eigenvalue weighted by Crippen LogP contribution is -2.26. The van der Waals surface area contributed by atoms with Crippen LogP contribution in [0.1, 0.15) is 0 Å². The van der Waals surface area contributed by atoms with E-state index in [0.29, 0.717) is 10.7 Å². The average molecular weight is 338 g/mol. The van der Waals surface area contributed by atoms with E-state index in [9.17, 15) is 4.79 Å². The standard InChI is InChI=1S/C10H9ClINO2/c1-2-8(10(14)15)13-9-5-6(12)3-4-7(9)11/h2-5,8,13H,1H2,(H,14,15). The molecule has 5 heteroatoms. The fourth-order valence-electron chi connectivity index (χ4n) is 0.997. The molecular formula is C10H9ClINO2. The molecule has 0 saturated heterocycles. The molecule has 0 aliphatic carbocycles. The van der Waals surface area contributed by atoms with Gasteiger partial charge in [-0.1, -0.05) is 17.7 Å². The predicted molar refractivity (Wildman–Crippen MR) is 69.4 cm³/mol. The van der Waals surface area contributed by atoms with Crippen molar-refractivity contribution < 1.29 is 9.90 Å². The molecule has 0 saturated carbocycles. The number of hydrogen-bond acceptors (Lipinski definition) is 2. The number of nitrogens with one attached hydrogen (secondary N) is 1. The molecule has 1 aromatic rings. The monoisotopic (exact) mass is 337 g/mol. The quantitative estimate of drug-likeness (QED) is 0.656. The summed E-state index contributed by atoms with van der Waals surface area (Å²) in [6.45, 7) is 3.44. The Labute approximate surface area is 106 Å². The zero-order valence-corrected chi connectivity index (χ0v) is 10.6. The van der Waals surface area contributed by atoms with Crippen LogP contribution < -0.4 is 5.32 Å². The van der Waals surface area contributed by atoms with Crippen molar-refractivity contribution in [3.63, 3.8) is 0 Å². The molecule has 0 fully saturated rings. The summed E-state index contributed by atoms with van der Waals surface area (Å²) < 4.78 is 0.979. The topological polar surface area (TPSA) is 49.3 Å². The molecule has 15 heavy (non-hydrogen) atoms. The first-order chi connectivity index (χ1) is 7.04. The normalized spacial score (nSPS) is 11.9. The van der Waals surface area contributed by atoms with Crippen molar-refractivity contribution in [2.75, 3.05) is 5.32 Å². The van der Waals surface area contributed by atoms with Gasteiger partial charge in [0.25, 0.3) is 0 Å². The highest BCUT2D eigenvalue weighted by Gasteiger charge is 2.13. The second kappa shape index (κ2) is 5.37. The number of halogens is 2. The lowest BCUT2D eigenvalue weighted by Gasteiger charge is -2.13. The van der Waals surface area contributed by atoms with E-state index in [-0.39, 0.29) is 0 Å². The molecule has 0 radical (unpaired) electrons. The second-order valence-corrected chi connectivity index (χ2v) is 4.47. The first-order valence-electron chi connectivity index (χ1n) is 4.11. The SMILES string of the molecule is C=CC(Nc1cc(I)ccc1Cl)C(=O)O. The molecule has 0 amide bonds. The second-order valence-electron chi connectivity index (χ2n) is 2.82. The van der Waals surface area contributed by atoms with Crippen molar-refractivity contribution in [3.8, 4) is 0 Å². The molecule has 0 spiro atoms.